The summed E-state index contributed by atoms with van der Waals surface area (Å²) in [5.74, 6) is 1.00. The lowest BCUT2D eigenvalue weighted by Crippen LogP contribution is -2.47. The zero-order valence-electron chi connectivity index (χ0n) is 16.0. The van der Waals surface area contributed by atoms with Crippen LogP contribution in [0.2, 0.25) is 0 Å². The predicted molar refractivity (Wildman–Crippen MR) is 103 cm³/mol. The Labute approximate surface area is 154 Å². The molecule has 6 nitrogen and oxygen atoms in total. The number of piperidine rings is 1. The van der Waals surface area contributed by atoms with Crippen LogP contribution in [0.5, 0.6) is 0 Å². The highest BCUT2D eigenvalue weighted by molar-refractivity contribution is 5.93. The first-order chi connectivity index (χ1) is 12.3. The Balaban J connectivity index is 1.69. The second-order valence-electron chi connectivity index (χ2n) is 7.95. The van der Waals surface area contributed by atoms with Gasteiger partial charge < -0.3 is 10.2 Å². The molecule has 0 saturated carbocycles. The standard InChI is InChI=1S/C20H28N4O2/c1-13-5-6-24-18(8-13)21-9-17(20(24)26)19(25)22-16(4)12-23-10-14(2)7-15(3)11-23/h5-6,8-9,14-16H,7,10-12H2,1-4H3,(H,22,25). The average molecular weight is 356 g/mol. The van der Waals surface area contributed by atoms with Gasteiger partial charge in [0.15, 0.2) is 0 Å². The van der Waals surface area contributed by atoms with Gasteiger partial charge in [-0.15, -0.1) is 0 Å². The zero-order valence-corrected chi connectivity index (χ0v) is 16.0. The van der Waals surface area contributed by atoms with E-state index in [2.05, 4.69) is 29.0 Å². The molecule has 0 spiro atoms. The highest BCUT2D eigenvalue weighted by atomic mass is 16.2. The molecule has 6 heteroatoms. The van der Waals surface area contributed by atoms with Crippen molar-refractivity contribution < 1.29 is 4.79 Å². The molecule has 3 heterocycles. The van der Waals surface area contributed by atoms with Crippen LogP contribution in [0, 0.1) is 18.8 Å². The quantitative estimate of drug-likeness (QED) is 0.911. The molecule has 1 amide bonds. The van der Waals surface area contributed by atoms with Gasteiger partial charge in [-0.3, -0.25) is 14.0 Å². The minimum absolute atomic E-state index is 0.0295. The van der Waals surface area contributed by atoms with Gasteiger partial charge in [0.2, 0.25) is 0 Å². The Morgan fingerprint density at radius 3 is 2.73 bits per heavy atom. The van der Waals surface area contributed by atoms with E-state index < -0.39 is 0 Å². The zero-order chi connectivity index (χ0) is 18.8. The van der Waals surface area contributed by atoms with E-state index in [1.54, 1.807) is 6.20 Å². The number of carbonyl (C=O) groups excluding carboxylic acids is 1. The van der Waals surface area contributed by atoms with Crippen molar-refractivity contribution in [2.45, 2.75) is 40.2 Å². The van der Waals surface area contributed by atoms with Crippen LogP contribution in [0.25, 0.3) is 5.65 Å². The first kappa shape index (κ1) is 18.6. The van der Waals surface area contributed by atoms with Crippen LogP contribution in [0.4, 0.5) is 0 Å². The molecule has 3 unspecified atom stereocenters. The Kier molecular flexibility index (Phi) is 5.41. The van der Waals surface area contributed by atoms with Crippen molar-refractivity contribution in [3.05, 3.63) is 46.0 Å². The van der Waals surface area contributed by atoms with E-state index in [4.69, 9.17) is 0 Å². The fourth-order valence-electron chi connectivity index (χ4n) is 4.01. The molecule has 1 aliphatic rings. The molecule has 1 saturated heterocycles. The molecule has 0 aromatic carbocycles. The first-order valence-electron chi connectivity index (χ1n) is 9.34. The Bertz CT molecular complexity index is 851. The van der Waals surface area contributed by atoms with E-state index in [1.165, 1.54) is 17.0 Å². The average Bonchev–Trinajstić information content (AvgIpc) is 2.53. The Hall–Kier alpha value is -2.21. The van der Waals surface area contributed by atoms with Crippen molar-refractivity contribution in [2.75, 3.05) is 19.6 Å². The number of amides is 1. The maximum atomic E-state index is 12.6. The van der Waals surface area contributed by atoms with E-state index >= 15 is 0 Å². The van der Waals surface area contributed by atoms with Gasteiger partial charge in [0, 0.05) is 38.1 Å². The SMILES string of the molecule is Cc1ccn2c(=O)c(C(=O)NC(C)CN3CC(C)CC(C)C3)cnc2c1. The highest BCUT2D eigenvalue weighted by Gasteiger charge is 2.24. The number of nitrogens with zero attached hydrogens (tertiary/aromatic N) is 3. The molecule has 0 aliphatic carbocycles. The summed E-state index contributed by atoms with van der Waals surface area (Å²) in [5.41, 5.74) is 1.32. The van der Waals surface area contributed by atoms with Crippen LogP contribution >= 0.6 is 0 Å². The third-order valence-corrected chi connectivity index (χ3v) is 4.96. The van der Waals surface area contributed by atoms with Gasteiger partial charge in [-0.05, 0) is 49.8 Å². The smallest absolute Gasteiger partial charge is 0.270 e. The van der Waals surface area contributed by atoms with Crippen molar-refractivity contribution >= 4 is 11.6 Å². The minimum atomic E-state index is -0.358. The number of hydrogen-bond donors (Lipinski definition) is 1. The summed E-state index contributed by atoms with van der Waals surface area (Å²) in [6.45, 7) is 11.4. The second-order valence-corrected chi connectivity index (χ2v) is 7.95. The van der Waals surface area contributed by atoms with E-state index in [9.17, 15) is 9.59 Å². The van der Waals surface area contributed by atoms with Crippen molar-refractivity contribution in [3.63, 3.8) is 0 Å². The molecule has 2 aromatic rings. The monoisotopic (exact) mass is 356 g/mol. The van der Waals surface area contributed by atoms with Gasteiger partial charge in [0.25, 0.3) is 11.5 Å². The number of aromatic nitrogens is 2. The van der Waals surface area contributed by atoms with Crippen LogP contribution in [0.15, 0.2) is 29.3 Å². The van der Waals surface area contributed by atoms with Crippen molar-refractivity contribution in [1.82, 2.24) is 19.6 Å². The number of carbonyl (C=O) groups is 1. The van der Waals surface area contributed by atoms with Gasteiger partial charge in [-0.25, -0.2) is 4.98 Å². The van der Waals surface area contributed by atoms with Gasteiger partial charge in [-0.1, -0.05) is 13.8 Å². The number of fused-ring (bicyclic) bond motifs is 1. The van der Waals surface area contributed by atoms with Crippen LogP contribution in [-0.2, 0) is 0 Å². The van der Waals surface area contributed by atoms with Crippen molar-refractivity contribution in [3.8, 4) is 0 Å². The first-order valence-corrected chi connectivity index (χ1v) is 9.34. The van der Waals surface area contributed by atoms with E-state index in [-0.39, 0.29) is 23.1 Å². The largest absolute Gasteiger partial charge is 0.348 e. The van der Waals surface area contributed by atoms with E-state index in [1.807, 2.05) is 26.0 Å². The molecule has 1 aliphatic heterocycles. The van der Waals surface area contributed by atoms with Gasteiger partial charge in [0.1, 0.15) is 11.2 Å². The molecule has 0 radical (unpaired) electrons. The molecule has 2 aromatic heterocycles. The van der Waals surface area contributed by atoms with Crippen LogP contribution in [-0.4, -0.2) is 45.9 Å². The number of likely N-dealkylation sites (tertiary alicyclic amines) is 1. The molecule has 1 fully saturated rings. The van der Waals surface area contributed by atoms with Crippen LogP contribution < -0.4 is 10.9 Å². The molecule has 26 heavy (non-hydrogen) atoms. The summed E-state index contributed by atoms with van der Waals surface area (Å²) in [5, 5.41) is 2.96. The Morgan fingerprint density at radius 1 is 1.35 bits per heavy atom. The number of rotatable bonds is 4. The lowest BCUT2D eigenvalue weighted by molar-refractivity contribution is 0.0903. The summed E-state index contributed by atoms with van der Waals surface area (Å²) in [4.78, 5) is 31.8. The van der Waals surface area contributed by atoms with Crippen molar-refractivity contribution in [2.24, 2.45) is 11.8 Å². The molecule has 140 valence electrons. The Morgan fingerprint density at radius 2 is 2.04 bits per heavy atom. The molecule has 3 rings (SSSR count). The maximum Gasteiger partial charge on any atom is 0.270 e. The minimum Gasteiger partial charge on any atom is -0.348 e. The molecule has 1 N–H and O–H groups in total. The van der Waals surface area contributed by atoms with Gasteiger partial charge in [0.05, 0.1) is 0 Å². The summed E-state index contributed by atoms with van der Waals surface area (Å²) >= 11 is 0. The highest BCUT2D eigenvalue weighted by Crippen LogP contribution is 2.20. The maximum absolute atomic E-state index is 12.6. The number of aryl methyl sites for hydroxylation is 1. The lowest BCUT2D eigenvalue weighted by atomic mass is 9.92. The molecule has 3 atom stereocenters. The predicted octanol–water partition coefficient (Wildman–Crippen LogP) is 2.10. The summed E-state index contributed by atoms with van der Waals surface area (Å²) in [7, 11) is 0. The van der Waals surface area contributed by atoms with Crippen LogP contribution in [0.3, 0.4) is 0 Å². The second kappa shape index (κ2) is 7.58. The lowest BCUT2D eigenvalue weighted by Gasteiger charge is -2.36. The summed E-state index contributed by atoms with van der Waals surface area (Å²) in [6.07, 6.45) is 4.30. The van der Waals surface area contributed by atoms with Crippen LogP contribution in [0.1, 0.15) is 43.1 Å². The fraction of sp³-hybridized carbons (Fsp3) is 0.550. The number of hydrogen-bond acceptors (Lipinski definition) is 4. The van der Waals surface area contributed by atoms with Crippen molar-refractivity contribution in [1.29, 1.82) is 0 Å². The molecular weight excluding hydrogens is 328 g/mol. The normalized spacial score (nSPS) is 22.3. The summed E-state index contributed by atoms with van der Waals surface area (Å²) < 4.78 is 1.42. The topological polar surface area (TPSA) is 66.7 Å². The fourth-order valence-corrected chi connectivity index (χ4v) is 4.01. The third kappa shape index (κ3) is 4.12. The van der Waals surface area contributed by atoms with E-state index in [0.717, 1.165) is 25.2 Å². The molecule has 0 bridgehead atoms. The van der Waals surface area contributed by atoms with E-state index in [0.29, 0.717) is 17.5 Å². The number of nitrogens with one attached hydrogen (secondary N) is 1. The summed E-state index contributed by atoms with van der Waals surface area (Å²) in [6, 6.07) is 3.63. The molecular formula is C20H28N4O2. The van der Waals surface area contributed by atoms with Gasteiger partial charge >= 0.3 is 0 Å². The number of pyridine rings is 1. The van der Waals surface area contributed by atoms with Gasteiger partial charge in [-0.2, -0.15) is 0 Å². The third-order valence-electron chi connectivity index (χ3n) is 4.96.